The number of rotatable bonds is 3. The van der Waals surface area contributed by atoms with Crippen molar-refractivity contribution in [2.45, 2.75) is 97.0 Å². The van der Waals surface area contributed by atoms with Gasteiger partial charge in [0.25, 0.3) is 0 Å². The Morgan fingerprint density at radius 3 is 2.31 bits per heavy atom. The van der Waals surface area contributed by atoms with Crippen LogP contribution in [0.3, 0.4) is 0 Å². The fraction of sp³-hybridized carbons (Fsp3) is 0.800. The highest BCUT2D eigenvalue weighted by molar-refractivity contribution is 5.95. The first-order chi connectivity index (χ1) is 14.8. The summed E-state index contributed by atoms with van der Waals surface area (Å²) in [6.07, 6.45) is 4.32. The third kappa shape index (κ3) is 3.26. The molecule has 0 aromatic heterocycles. The van der Waals surface area contributed by atoms with Gasteiger partial charge in [-0.15, -0.1) is 0 Å². The zero-order valence-corrected chi connectivity index (χ0v) is 19.8. The number of carbonyl (C=O) groups is 3. The van der Waals surface area contributed by atoms with Gasteiger partial charge in [0.05, 0.1) is 5.60 Å². The summed E-state index contributed by atoms with van der Waals surface area (Å²) < 4.78 is 11.1. The molecular weight excluding hydrogens is 410 g/mol. The number of esters is 2. The zero-order chi connectivity index (χ0) is 23.6. The van der Waals surface area contributed by atoms with Crippen LogP contribution in [0, 0.1) is 28.6 Å². The van der Waals surface area contributed by atoms with Crippen molar-refractivity contribution in [3.05, 3.63) is 11.6 Å². The minimum absolute atomic E-state index is 0.00596. The lowest BCUT2D eigenvalue weighted by Crippen LogP contribution is -2.61. The SMILES string of the molecule is CC(=O)O[C@H]1C[C@@]2(C)[C@@H](C[C@H]1OC(C)=O)C(=O)C=C1[C@@H]2CC[C@]2(C)[C@@H](C(C)N)CC[C@@]12O. The van der Waals surface area contributed by atoms with E-state index < -0.39 is 35.2 Å². The van der Waals surface area contributed by atoms with Gasteiger partial charge in [-0.2, -0.15) is 0 Å². The van der Waals surface area contributed by atoms with Gasteiger partial charge in [0.15, 0.2) is 5.78 Å². The Bertz CT molecular complexity index is 866. The highest BCUT2D eigenvalue weighted by atomic mass is 16.6. The average molecular weight is 448 g/mol. The number of aliphatic hydroxyl groups is 1. The molecule has 178 valence electrons. The lowest BCUT2D eigenvalue weighted by Gasteiger charge is -2.60. The van der Waals surface area contributed by atoms with E-state index in [2.05, 4.69) is 13.8 Å². The van der Waals surface area contributed by atoms with E-state index in [4.69, 9.17) is 15.2 Å². The largest absolute Gasteiger partial charge is 0.459 e. The number of fused-ring (bicyclic) bond motifs is 5. The molecule has 7 nitrogen and oxygen atoms in total. The van der Waals surface area contributed by atoms with Crippen LogP contribution in [-0.4, -0.2) is 46.7 Å². The molecule has 4 rings (SSSR count). The van der Waals surface area contributed by atoms with Crippen LogP contribution in [0.4, 0.5) is 0 Å². The normalized spacial score (nSPS) is 46.3. The quantitative estimate of drug-likeness (QED) is 0.639. The number of carbonyl (C=O) groups excluding carboxylic acids is 3. The molecule has 0 radical (unpaired) electrons. The minimum atomic E-state index is -1.05. The molecule has 9 atom stereocenters. The second-order valence-corrected chi connectivity index (χ2v) is 11.2. The summed E-state index contributed by atoms with van der Waals surface area (Å²) in [6.45, 7) is 8.89. The molecule has 0 aliphatic heterocycles. The van der Waals surface area contributed by atoms with E-state index in [-0.39, 0.29) is 35.0 Å². The molecule has 0 amide bonds. The van der Waals surface area contributed by atoms with Gasteiger partial charge < -0.3 is 20.3 Å². The molecule has 0 bridgehead atoms. The van der Waals surface area contributed by atoms with E-state index in [0.29, 0.717) is 19.3 Å². The third-order valence-electron chi connectivity index (χ3n) is 9.41. The first-order valence-electron chi connectivity index (χ1n) is 11.9. The van der Waals surface area contributed by atoms with Crippen molar-refractivity contribution in [1.82, 2.24) is 0 Å². The Balaban J connectivity index is 1.73. The Hall–Kier alpha value is -1.73. The molecule has 32 heavy (non-hydrogen) atoms. The molecular formula is C25H37NO6. The van der Waals surface area contributed by atoms with Crippen molar-refractivity contribution in [3.8, 4) is 0 Å². The summed E-state index contributed by atoms with van der Waals surface area (Å²) in [5, 5.41) is 12.1. The highest BCUT2D eigenvalue weighted by Gasteiger charge is 2.67. The first kappa shape index (κ1) is 23.4. The maximum atomic E-state index is 13.4. The maximum Gasteiger partial charge on any atom is 0.303 e. The summed E-state index contributed by atoms with van der Waals surface area (Å²) in [5.41, 5.74) is 5.24. The fourth-order valence-electron chi connectivity index (χ4n) is 7.89. The Morgan fingerprint density at radius 1 is 1.09 bits per heavy atom. The van der Waals surface area contributed by atoms with Gasteiger partial charge in [-0.25, -0.2) is 0 Å². The van der Waals surface area contributed by atoms with Gasteiger partial charge in [0.1, 0.15) is 12.2 Å². The smallest absolute Gasteiger partial charge is 0.303 e. The van der Waals surface area contributed by atoms with Gasteiger partial charge in [0.2, 0.25) is 0 Å². The predicted octanol–water partition coefficient (Wildman–Crippen LogP) is 2.68. The second-order valence-electron chi connectivity index (χ2n) is 11.2. The molecule has 4 aliphatic rings. The zero-order valence-electron chi connectivity index (χ0n) is 19.8. The number of allylic oxidation sites excluding steroid dienone is 1. The predicted molar refractivity (Wildman–Crippen MR) is 117 cm³/mol. The number of hydrogen-bond donors (Lipinski definition) is 2. The molecule has 0 saturated heterocycles. The van der Waals surface area contributed by atoms with Crippen LogP contribution in [0.15, 0.2) is 11.6 Å². The van der Waals surface area contributed by atoms with E-state index in [0.717, 1.165) is 24.8 Å². The van der Waals surface area contributed by atoms with Gasteiger partial charge in [-0.3, -0.25) is 14.4 Å². The lowest BCUT2D eigenvalue weighted by molar-refractivity contribution is -0.186. The van der Waals surface area contributed by atoms with Crippen molar-refractivity contribution in [1.29, 1.82) is 0 Å². The van der Waals surface area contributed by atoms with Crippen molar-refractivity contribution in [2.75, 3.05) is 0 Å². The van der Waals surface area contributed by atoms with E-state index in [9.17, 15) is 19.5 Å². The minimum Gasteiger partial charge on any atom is -0.459 e. The summed E-state index contributed by atoms with van der Waals surface area (Å²) in [4.78, 5) is 36.9. The molecule has 7 heteroatoms. The van der Waals surface area contributed by atoms with Crippen LogP contribution < -0.4 is 5.73 Å². The molecule has 3 N–H and O–H groups in total. The van der Waals surface area contributed by atoms with Crippen molar-refractivity contribution in [2.24, 2.45) is 34.3 Å². The van der Waals surface area contributed by atoms with Crippen LogP contribution in [0.5, 0.6) is 0 Å². The molecule has 0 spiro atoms. The molecule has 3 fully saturated rings. The number of nitrogens with two attached hydrogens (primary N) is 1. The number of ether oxygens (including phenoxy) is 2. The van der Waals surface area contributed by atoms with Crippen molar-refractivity contribution >= 4 is 17.7 Å². The van der Waals surface area contributed by atoms with Gasteiger partial charge in [-0.05, 0) is 74.3 Å². The van der Waals surface area contributed by atoms with E-state index in [1.54, 1.807) is 6.08 Å². The number of hydrogen-bond acceptors (Lipinski definition) is 7. The number of ketones is 1. The van der Waals surface area contributed by atoms with E-state index in [1.165, 1.54) is 13.8 Å². The van der Waals surface area contributed by atoms with Crippen LogP contribution in [0.2, 0.25) is 0 Å². The topological polar surface area (TPSA) is 116 Å². The molecule has 3 saturated carbocycles. The molecule has 0 heterocycles. The fourth-order valence-corrected chi connectivity index (χ4v) is 7.89. The van der Waals surface area contributed by atoms with Crippen LogP contribution in [0.1, 0.15) is 73.1 Å². The molecule has 0 aromatic carbocycles. The average Bonchev–Trinajstić information content (AvgIpc) is 2.94. The summed E-state index contributed by atoms with van der Waals surface area (Å²) in [5.74, 6) is -1.05. The van der Waals surface area contributed by atoms with Gasteiger partial charge in [-0.1, -0.05) is 13.8 Å². The van der Waals surface area contributed by atoms with Crippen molar-refractivity contribution in [3.63, 3.8) is 0 Å². The monoisotopic (exact) mass is 447 g/mol. The van der Waals surface area contributed by atoms with Crippen LogP contribution in [0.25, 0.3) is 0 Å². The summed E-state index contributed by atoms with van der Waals surface area (Å²) in [6, 6.07) is -0.0266. The van der Waals surface area contributed by atoms with E-state index >= 15 is 0 Å². The van der Waals surface area contributed by atoms with Gasteiger partial charge in [0, 0.05) is 31.2 Å². The Morgan fingerprint density at radius 2 is 1.72 bits per heavy atom. The molecule has 0 aromatic rings. The lowest BCUT2D eigenvalue weighted by atomic mass is 9.46. The summed E-state index contributed by atoms with van der Waals surface area (Å²) >= 11 is 0. The van der Waals surface area contributed by atoms with Gasteiger partial charge >= 0.3 is 11.9 Å². The first-order valence-corrected chi connectivity index (χ1v) is 11.9. The molecule has 4 aliphatic carbocycles. The molecule has 1 unspecified atom stereocenters. The van der Waals surface area contributed by atoms with E-state index in [1.807, 2.05) is 6.92 Å². The summed E-state index contributed by atoms with van der Waals surface area (Å²) in [7, 11) is 0. The maximum absolute atomic E-state index is 13.4. The van der Waals surface area contributed by atoms with Crippen molar-refractivity contribution < 1.29 is 29.0 Å². The Labute approximate surface area is 190 Å². The standard InChI is InChI=1S/C25H37NO6/c1-13(26)16-7-9-25(30)18-10-20(29)19-11-21(31-14(2)27)22(32-15(3)28)12-23(19,4)17(18)6-8-24(16,25)5/h10,13,16-17,19,21-22,30H,6-9,11-12,26H2,1-5H3/t13?,16-,17+,19+,21-,22+,23-,24-,25-/m1/s1. The third-order valence-corrected chi connectivity index (χ3v) is 9.41. The highest BCUT2D eigenvalue weighted by Crippen LogP contribution is 2.67. The van der Waals surface area contributed by atoms with Crippen LogP contribution >= 0.6 is 0 Å². The Kier molecular flexibility index (Phi) is 5.61. The van der Waals surface area contributed by atoms with Crippen LogP contribution in [-0.2, 0) is 23.9 Å². The second kappa shape index (κ2) is 7.66.